The average molecular weight is 568 g/mol. The molecule has 0 saturated heterocycles. The number of hydrogen-bond acceptors (Lipinski definition) is 4. The Balaban J connectivity index is 1.25. The van der Waals surface area contributed by atoms with Gasteiger partial charge in [0, 0.05) is 11.1 Å². The van der Waals surface area contributed by atoms with Gasteiger partial charge in [0.2, 0.25) is 0 Å². The SMILES string of the molecule is Cc1c(CC2(CC(=O)O)CC2)c2cccc(C=Cc3ccc(OCCCCOc4ccccc4)cc3)c2n1CC(=O)O. The second kappa shape index (κ2) is 13.0. The maximum absolute atomic E-state index is 11.8. The van der Waals surface area contributed by atoms with Crippen molar-refractivity contribution in [2.24, 2.45) is 5.41 Å². The Kier molecular flexibility index (Phi) is 8.96. The van der Waals surface area contributed by atoms with Gasteiger partial charge in [-0.25, -0.2) is 0 Å². The molecule has 1 saturated carbocycles. The number of aromatic nitrogens is 1. The molecular weight excluding hydrogens is 530 g/mol. The van der Waals surface area contributed by atoms with Crippen molar-refractivity contribution in [3.05, 3.63) is 95.2 Å². The summed E-state index contributed by atoms with van der Waals surface area (Å²) in [4.78, 5) is 23.3. The zero-order chi connectivity index (χ0) is 29.5. The van der Waals surface area contributed by atoms with Crippen LogP contribution < -0.4 is 9.47 Å². The first-order valence-electron chi connectivity index (χ1n) is 14.5. The van der Waals surface area contributed by atoms with Gasteiger partial charge in [-0.1, -0.05) is 60.7 Å². The molecule has 42 heavy (non-hydrogen) atoms. The summed E-state index contributed by atoms with van der Waals surface area (Å²) in [5.74, 6) is -0.00486. The minimum absolute atomic E-state index is 0.139. The van der Waals surface area contributed by atoms with E-state index in [0.717, 1.165) is 70.5 Å². The second-order valence-corrected chi connectivity index (χ2v) is 11.2. The van der Waals surface area contributed by atoms with E-state index < -0.39 is 11.9 Å². The number of carboxylic acid groups (broad SMARTS) is 2. The summed E-state index contributed by atoms with van der Waals surface area (Å²) in [6, 6.07) is 23.7. The van der Waals surface area contributed by atoms with E-state index in [1.165, 1.54) is 0 Å². The number of unbranched alkanes of at least 4 members (excludes halogenated alkanes) is 1. The molecule has 1 aliphatic carbocycles. The van der Waals surface area contributed by atoms with E-state index in [9.17, 15) is 19.8 Å². The molecule has 0 aliphatic heterocycles. The Morgan fingerprint density at radius 1 is 0.833 bits per heavy atom. The summed E-state index contributed by atoms with van der Waals surface area (Å²) < 4.78 is 13.5. The van der Waals surface area contributed by atoms with Crippen LogP contribution in [0.2, 0.25) is 0 Å². The van der Waals surface area contributed by atoms with E-state index in [1.54, 1.807) is 0 Å². The van der Waals surface area contributed by atoms with Crippen LogP contribution in [0.1, 0.15) is 54.5 Å². The highest BCUT2D eigenvalue weighted by atomic mass is 16.5. The van der Waals surface area contributed by atoms with E-state index >= 15 is 0 Å². The van der Waals surface area contributed by atoms with Crippen molar-refractivity contribution in [2.75, 3.05) is 13.2 Å². The van der Waals surface area contributed by atoms with Crippen molar-refractivity contribution >= 4 is 35.0 Å². The van der Waals surface area contributed by atoms with E-state index in [1.807, 2.05) is 96.4 Å². The maximum Gasteiger partial charge on any atom is 0.323 e. The second-order valence-electron chi connectivity index (χ2n) is 11.2. The highest BCUT2D eigenvalue weighted by molar-refractivity contribution is 5.95. The third kappa shape index (κ3) is 7.21. The molecule has 7 nitrogen and oxygen atoms in total. The number of nitrogens with zero attached hydrogens (tertiary/aromatic N) is 1. The minimum atomic E-state index is -0.911. The van der Waals surface area contributed by atoms with Crippen molar-refractivity contribution < 1.29 is 29.3 Å². The molecule has 0 radical (unpaired) electrons. The molecule has 3 aromatic carbocycles. The molecule has 1 heterocycles. The van der Waals surface area contributed by atoms with Crippen molar-refractivity contribution in [2.45, 2.75) is 52.0 Å². The van der Waals surface area contributed by atoms with Crippen molar-refractivity contribution in [3.8, 4) is 11.5 Å². The number of benzene rings is 3. The van der Waals surface area contributed by atoms with Crippen LogP contribution in [0.25, 0.3) is 23.1 Å². The number of hydrogen-bond donors (Lipinski definition) is 2. The van der Waals surface area contributed by atoms with Crippen LogP contribution in [0.4, 0.5) is 0 Å². The van der Waals surface area contributed by atoms with Crippen molar-refractivity contribution in [3.63, 3.8) is 0 Å². The summed E-state index contributed by atoms with van der Waals surface area (Å²) >= 11 is 0. The fraction of sp³-hybridized carbons (Fsp3) is 0.314. The molecule has 7 heteroatoms. The first kappa shape index (κ1) is 29.0. The third-order valence-corrected chi connectivity index (χ3v) is 7.99. The highest BCUT2D eigenvalue weighted by Crippen LogP contribution is 2.52. The van der Waals surface area contributed by atoms with E-state index in [2.05, 4.69) is 0 Å². The largest absolute Gasteiger partial charge is 0.494 e. The molecule has 1 aliphatic rings. The lowest BCUT2D eigenvalue weighted by atomic mass is 9.91. The lowest BCUT2D eigenvalue weighted by Gasteiger charge is -2.13. The van der Waals surface area contributed by atoms with Gasteiger partial charge in [0.1, 0.15) is 18.0 Å². The zero-order valence-electron chi connectivity index (χ0n) is 23.9. The summed E-state index contributed by atoms with van der Waals surface area (Å²) in [6.07, 6.45) is 8.37. The first-order valence-corrected chi connectivity index (χ1v) is 14.5. The number of para-hydroxylation sites is 2. The summed E-state index contributed by atoms with van der Waals surface area (Å²) in [5.41, 5.74) is 4.49. The van der Waals surface area contributed by atoms with Crippen LogP contribution in [0.15, 0.2) is 72.8 Å². The van der Waals surface area contributed by atoms with Crippen LogP contribution in [-0.4, -0.2) is 39.9 Å². The average Bonchev–Trinajstić information content (AvgIpc) is 3.68. The number of rotatable bonds is 15. The zero-order valence-corrected chi connectivity index (χ0v) is 23.9. The molecule has 218 valence electrons. The predicted octanol–water partition coefficient (Wildman–Crippen LogP) is 7.24. The monoisotopic (exact) mass is 567 g/mol. The molecule has 1 aromatic heterocycles. The summed E-state index contributed by atoms with van der Waals surface area (Å²) in [7, 11) is 0. The molecule has 2 N–H and O–H groups in total. The Bertz CT molecular complexity index is 1560. The van der Waals surface area contributed by atoms with Crippen LogP contribution in [0, 0.1) is 12.3 Å². The van der Waals surface area contributed by atoms with Gasteiger partial charge in [-0.15, -0.1) is 0 Å². The molecule has 0 bridgehead atoms. The molecule has 0 amide bonds. The minimum Gasteiger partial charge on any atom is -0.494 e. The number of fused-ring (bicyclic) bond motifs is 1. The molecule has 0 spiro atoms. The number of ether oxygens (including phenoxy) is 2. The molecule has 5 rings (SSSR count). The normalized spacial score (nSPS) is 13.8. The Hall–Kier alpha value is -4.52. The van der Waals surface area contributed by atoms with Crippen molar-refractivity contribution in [1.82, 2.24) is 4.57 Å². The van der Waals surface area contributed by atoms with Gasteiger partial charge < -0.3 is 24.3 Å². The third-order valence-electron chi connectivity index (χ3n) is 7.99. The maximum atomic E-state index is 11.8. The predicted molar refractivity (Wildman–Crippen MR) is 164 cm³/mol. The standard InChI is InChI=1S/C35H37NO6/c1-25-31(22-35(18-19-35)23-32(37)38)30-11-7-8-27(34(30)36(25)24-33(39)40)15-12-26-13-16-29(17-14-26)42-21-6-5-20-41-28-9-3-2-4-10-28/h2-4,7-17H,5-6,18-24H2,1H3,(H,37,38)(H,39,40). The fourth-order valence-electron chi connectivity index (χ4n) is 5.57. The smallest absolute Gasteiger partial charge is 0.323 e. The fourth-order valence-corrected chi connectivity index (χ4v) is 5.57. The number of carbonyl (C=O) groups is 2. The van der Waals surface area contributed by atoms with Crippen LogP contribution in [-0.2, 0) is 22.6 Å². The Morgan fingerprint density at radius 2 is 1.50 bits per heavy atom. The van der Waals surface area contributed by atoms with E-state index in [-0.39, 0.29) is 18.4 Å². The Morgan fingerprint density at radius 3 is 2.12 bits per heavy atom. The Labute approximate surface area is 246 Å². The van der Waals surface area contributed by atoms with Crippen LogP contribution >= 0.6 is 0 Å². The topological polar surface area (TPSA) is 98.0 Å². The lowest BCUT2D eigenvalue weighted by molar-refractivity contribution is -0.139. The highest BCUT2D eigenvalue weighted by Gasteiger charge is 2.45. The molecule has 0 atom stereocenters. The quantitative estimate of drug-likeness (QED) is 0.116. The van der Waals surface area contributed by atoms with Crippen molar-refractivity contribution in [1.29, 1.82) is 0 Å². The summed E-state index contributed by atoms with van der Waals surface area (Å²) in [6.45, 7) is 3.07. The summed E-state index contributed by atoms with van der Waals surface area (Å²) in [5, 5.41) is 20.1. The molecular formula is C35H37NO6. The van der Waals surface area contributed by atoms with Gasteiger partial charge in [0.25, 0.3) is 0 Å². The van der Waals surface area contributed by atoms with Gasteiger partial charge in [0.15, 0.2) is 0 Å². The van der Waals surface area contributed by atoms with Gasteiger partial charge in [-0.3, -0.25) is 9.59 Å². The first-order chi connectivity index (χ1) is 20.3. The van der Waals surface area contributed by atoms with Crippen LogP contribution in [0.3, 0.4) is 0 Å². The number of carboxylic acids is 2. The lowest BCUT2D eigenvalue weighted by Crippen LogP contribution is -2.13. The van der Waals surface area contributed by atoms with Gasteiger partial charge in [-0.05, 0) is 85.4 Å². The van der Waals surface area contributed by atoms with Gasteiger partial charge in [-0.2, -0.15) is 0 Å². The molecule has 0 unspecified atom stereocenters. The number of aliphatic carboxylic acids is 2. The molecule has 1 fully saturated rings. The van der Waals surface area contributed by atoms with Gasteiger partial charge >= 0.3 is 11.9 Å². The van der Waals surface area contributed by atoms with Crippen LogP contribution in [0.5, 0.6) is 11.5 Å². The molecule has 4 aromatic rings. The van der Waals surface area contributed by atoms with Gasteiger partial charge in [0.05, 0.1) is 25.2 Å². The van der Waals surface area contributed by atoms with E-state index in [4.69, 9.17) is 9.47 Å². The van der Waals surface area contributed by atoms with E-state index in [0.29, 0.717) is 19.6 Å².